The zero-order valence-corrected chi connectivity index (χ0v) is 14.1. The van der Waals surface area contributed by atoms with E-state index in [9.17, 15) is 4.79 Å². The molecule has 0 bridgehead atoms. The van der Waals surface area contributed by atoms with Crippen LogP contribution in [0.4, 0.5) is 0 Å². The minimum atomic E-state index is -0.210. The van der Waals surface area contributed by atoms with Crippen LogP contribution in [-0.2, 0) is 0 Å². The Morgan fingerprint density at radius 1 is 0.875 bits per heavy atom. The van der Waals surface area contributed by atoms with Gasteiger partial charge < -0.3 is 5.32 Å². The van der Waals surface area contributed by atoms with Crippen molar-refractivity contribution in [1.82, 2.24) is 5.32 Å². The molecule has 24 heavy (non-hydrogen) atoms. The average Bonchev–Trinajstić information content (AvgIpc) is 2.61. The molecule has 0 aromatic heterocycles. The number of nitrogens with one attached hydrogen (secondary N) is 1. The molecule has 3 heteroatoms. The van der Waals surface area contributed by atoms with E-state index < -0.39 is 0 Å². The molecule has 0 aliphatic rings. The van der Waals surface area contributed by atoms with Gasteiger partial charge in [-0.25, -0.2) is 0 Å². The van der Waals surface area contributed by atoms with Crippen LogP contribution in [-0.4, -0.2) is 5.91 Å². The molecule has 0 fully saturated rings. The van der Waals surface area contributed by atoms with Gasteiger partial charge in [-0.15, -0.1) is 0 Å². The number of rotatable bonds is 4. The maximum Gasteiger partial charge on any atom is 0.252 e. The summed E-state index contributed by atoms with van der Waals surface area (Å²) in [6, 6.07) is 24.9. The summed E-state index contributed by atoms with van der Waals surface area (Å²) in [4.78, 5) is 12.7. The summed E-state index contributed by atoms with van der Waals surface area (Å²) >= 11 is 6.00. The lowest BCUT2D eigenvalue weighted by Gasteiger charge is -2.20. The molecule has 0 spiro atoms. The van der Waals surface area contributed by atoms with Crippen LogP contribution in [0, 0.1) is 6.92 Å². The Kier molecular flexibility index (Phi) is 4.97. The van der Waals surface area contributed by atoms with Crippen LogP contribution < -0.4 is 5.32 Å². The van der Waals surface area contributed by atoms with Gasteiger partial charge in [0.05, 0.1) is 6.04 Å². The highest BCUT2D eigenvalue weighted by atomic mass is 35.5. The molecule has 3 aromatic carbocycles. The monoisotopic (exact) mass is 335 g/mol. The minimum Gasteiger partial charge on any atom is -0.341 e. The Morgan fingerprint density at radius 3 is 2.21 bits per heavy atom. The largest absolute Gasteiger partial charge is 0.341 e. The smallest absolute Gasteiger partial charge is 0.252 e. The van der Waals surface area contributed by atoms with Gasteiger partial charge >= 0.3 is 0 Å². The Bertz CT molecular complexity index is 828. The van der Waals surface area contributed by atoms with Gasteiger partial charge in [0.1, 0.15) is 0 Å². The first kappa shape index (κ1) is 16.3. The van der Waals surface area contributed by atoms with E-state index in [1.54, 1.807) is 24.3 Å². The Hall–Kier alpha value is -2.58. The van der Waals surface area contributed by atoms with Crippen molar-refractivity contribution in [1.29, 1.82) is 0 Å². The molecule has 120 valence electrons. The maximum absolute atomic E-state index is 12.7. The summed E-state index contributed by atoms with van der Waals surface area (Å²) in [7, 11) is 0. The number of hydrogen-bond acceptors (Lipinski definition) is 1. The fraction of sp³-hybridized carbons (Fsp3) is 0.0952. The molecule has 0 aliphatic heterocycles. The number of benzene rings is 3. The standard InChI is InChI=1S/C21H18ClNO/c1-15-10-12-17(13-11-15)20(16-6-3-2-4-7-16)23-21(24)18-8-5-9-19(22)14-18/h2-14,20H,1H3,(H,23,24). The van der Waals surface area contributed by atoms with Crippen molar-refractivity contribution in [3.63, 3.8) is 0 Å². The molecule has 3 rings (SSSR count). The molecule has 3 aromatic rings. The normalized spacial score (nSPS) is 11.8. The first-order valence-electron chi connectivity index (χ1n) is 7.81. The first-order chi connectivity index (χ1) is 11.6. The lowest BCUT2D eigenvalue weighted by molar-refractivity contribution is 0.0943. The van der Waals surface area contributed by atoms with Gasteiger partial charge in [-0.05, 0) is 36.2 Å². The summed E-state index contributed by atoms with van der Waals surface area (Å²) in [6.07, 6.45) is 0. The zero-order chi connectivity index (χ0) is 16.9. The van der Waals surface area contributed by atoms with Gasteiger partial charge in [0.2, 0.25) is 0 Å². The van der Waals surface area contributed by atoms with Crippen molar-refractivity contribution in [3.8, 4) is 0 Å². The molecule has 1 N–H and O–H groups in total. The van der Waals surface area contributed by atoms with Gasteiger partial charge in [0.15, 0.2) is 0 Å². The Balaban J connectivity index is 1.93. The molecule has 1 amide bonds. The number of amides is 1. The van der Waals surface area contributed by atoms with Gasteiger partial charge in [-0.3, -0.25) is 4.79 Å². The second kappa shape index (κ2) is 7.33. The lowest BCUT2D eigenvalue weighted by Crippen LogP contribution is -2.29. The van der Waals surface area contributed by atoms with Crippen molar-refractivity contribution in [2.75, 3.05) is 0 Å². The highest BCUT2D eigenvalue weighted by molar-refractivity contribution is 6.30. The van der Waals surface area contributed by atoms with E-state index in [0.29, 0.717) is 10.6 Å². The molecule has 1 atom stereocenters. The number of hydrogen-bond donors (Lipinski definition) is 1. The van der Waals surface area contributed by atoms with Crippen LogP contribution in [0.25, 0.3) is 0 Å². The predicted octanol–water partition coefficient (Wildman–Crippen LogP) is 5.17. The van der Waals surface area contributed by atoms with Crippen molar-refractivity contribution in [2.24, 2.45) is 0 Å². The van der Waals surface area contributed by atoms with Gasteiger partial charge in [0.25, 0.3) is 5.91 Å². The minimum absolute atomic E-state index is 0.146. The van der Waals surface area contributed by atoms with E-state index in [1.165, 1.54) is 5.56 Å². The van der Waals surface area contributed by atoms with Gasteiger partial charge in [0, 0.05) is 10.6 Å². The van der Waals surface area contributed by atoms with Crippen LogP contribution in [0.2, 0.25) is 5.02 Å². The van der Waals surface area contributed by atoms with Gasteiger partial charge in [-0.2, -0.15) is 0 Å². The summed E-state index contributed by atoms with van der Waals surface area (Å²) in [5.74, 6) is -0.146. The van der Waals surface area contributed by atoms with Crippen molar-refractivity contribution < 1.29 is 4.79 Å². The highest BCUT2D eigenvalue weighted by Gasteiger charge is 2.17. The second-order valence-corrected chi connectivity index (χ2v) is 6.17. The predicted molar refractivity (Wildman–Crippen MR) is 98.4 cm³/mol. The third-order valence-electron chi connectivity index (χ3n) is 3.91. The Labute approximate surface area is 147 Å². The molecule has 0 saturated heterocycles. The van der Waals surface area contributed by atoms with E-state index >= 15 is 0 Å². The third-order valence-corrected chi connectivity index (χ3v) is 4.14. The third kappa shape index (κ3) is 3.84. The number of halogens is 1. The SMILES string of the molecule is Cc1ccc(C(NC(=O)c2cccc(Cl)c2)c2ccccc2)cc1. The Morgan fingerprint density at radius 2 is 1.54 bits per heavy atom. The molecule has 0 radical (unpaired) electrons. The van der Waals surface area contributed by atoms with Crippen LogP contribution in [0.5, 0.6) is 0 Å². The summed E-state index contributed by atoms with van der Waals surface area (Å²) in [6.45, 7) is 2.05. The molecular weight excluding hydrogens is 318 g/mol. The summed E-state index contributed by atoms with van der Waals surface area (Å²) in [5, 5.41) is 3.67. The van der Waals surface area contributed by atoms with E-state index in [4.69, 9.17) is 11.6 Å². The van der Waals surface area contributed by atoms with Gasteiger partial charge in [-0.1, -0.05) is 77.8 Å². The van der Waals surface area contributed by atoms with E-state index in [1.807, 2.05) is 49.4 Å². The number of carbonyl (C=O) groups is 1. The first-order valence-corrected chi connectivity index (χ1v) is 8.19. The van der Waals surface area contributed by atoms with Crippen molar-refractivity contribution in [3.05, 3.63) is 106 Å². The maximum atomic E-state index is 12.7. The van der Waals surface area contributed by atoms with Crippen molar-refractivity contribution in [2.45, 2.75) is 13.0 Å². The summed E-state index contributed by atoms with van der Waals surface area (Å²) < 4.78 is 0. The van der Waals surface area contributed by atoms with Crippen LogP contribution in [0.3, 0.4) is 0 Å². The molecule has 0 heterocycles. The van der Waals surface area contributed by atoms with E-state index in [2.05, 4.69) is 17.4 Å². The van der Waals surface area contributed by atoms with E-state index in [-0.39, 0.29) is 11.9 Å². The van der Waals surface area contributed by atoms with E-state index in [0.717, 1.165) is 11.1 Å². The number of carbonyl (C=O) groups excluding carboxylic acids is 1. The van der Waals surface area contributed by atoms with Crippen LogP contribution >= 0.6 is 11.6 Å². The van der Waals surface area contributed by atoms with Crippen molar-refractivity contribution >= 4 is 17.5 Å². The number of aryl methyl sites for hydroxylation is 1. The summed E-state index contributed by atoms with van der Waals surface area (Å²) in [5.41, 5.74) is 3.82. The van der Waals surface area contributed by atoms with Crippen LogP contribution in [0.1, 0.15) is 33.1 Å². The lowest BCUT2D eigenvalue weighted by atomic mass is 9.97. The average molecular weight is 336 g/mol. The fourth-order valence-electron chi connectivity index (χ4n) is 2.61. The molecule has 2 nitrogen and oxygen atoms in total. The van der Waals surface area contributed by atoms with Crippen LogP contribution in [0.15, 0.2) is 78.9 Å². The molecular formula is C21H18ClNO. The quantitative estimate of drug-likeness (QED) is 0.700. The topological polar surface area (TPSA) is 29.1 Å². The molecule has 0 saturated carbocycles. The molecule has 1 unspecified atom stereocenters. The highest BCUT2D eigenvalue weighted by Crippen LogP contribution is 2.23. The molecule has 0 aliphatic carbocycles. The fourth-order valence-corrected chi connectivity index (χ4v) is 2.80. The second-order valence-electron chi connectivity index (χ2n) is 5.74. The zero-order valence-electron chi connectivity index (χ0n) is 13.4.